The van der Waals surface area contributed by atoms with Crippen molar-refractivity contribution in [1.82, 2.24) is 5.32 Å². The molecule has 0 bridgehead atoms. The van der Waals surface area contributed by atoms with E-state index in [9.17, 15) is 4.79 Å². The predicted molar refractivity (Wildman–Crippen MR) is 61.9 cm³/mol. The summed E-state index contributed by atoms with van der Waals surface area (Å²) in [5, 5.41) is 2.98. The average Bonchev–Trinajstić information content (AvgIpc) is 2.50. The summed E-state index contributed by atoms with van der Waals surface area (Å²) in [4.78, 5) is 13.9. The van der Waals surface area contributed by atoms with E-state index in [-0.39, 0.29) is 18.0 Å². The van der Waals surface area contributed by atoms with Crippen LogP contribution in [0.15, 0.2) is 6.07 Å². The molecule has 0 aromatic carbocycles. The summed E-state index contributed by atoms with van der Waals surface area (Å²) in [6.07, 6.45) is 1.34. The highest BCUT2D eigenvalue weighted by Crippen LogP contribution is 2.30. The van der Waals surface area contributed by atoms with Crippen LogP contribution in [-0.4, -0.2) is 11.9 Å². The van der Waals surface area contributed by atoms with Crippen LogP contribution in [0, 0.1) is 13.8 Å². The second-order valence-electron chi connectivity index (χ2n) is 4.12. The standard InChI is InChI=1S/C11H16N2OS/c1-6-5-8(7(2)15-6)11-9(12)3-4-10(14)13-11/h5,9,11H,3-4,12H2,1-2H3,(H,13,14). The van der Waals surface area contributed by atoms with Crippen molar-refractivity contribution in [2.45, 2.75) is 38.8 Å². The fraction of sp³-hybridized carbons (Fsp3) is 0.545. The Morgan fingerprint density at radius 3 is 2.87 bits per heavy atom. The van der Waals surface area contributed by atoms with E-state index in [0.29, 0.717) is 6.42 Å². The monoisotopic (exact) mass is 224 g/mol. The van der Waals surface area contributed by atoms with Crippen molar-refractivity contribution < 1.29 is 4.79 Å². The molecule has 0 aliphatic carbocycles. The van der Waals surface area contributed by atoms with Crippen molar-refractivity contribution in [2.24, 2.45) is 5.73 Å². The lowest BCUT2D eigenvalue weighted by Gasteiger charge is -2.29. The van der Waals surface area contributed by atoms with Gasteiger partial charge in [0.2, 0.25) is 5.91 Å². The maximum absolute atomic E-state index is 11.3. The van der Waals surface area contributed by atoms with Gasteiger partial charge in [0, 0.05) is 22.2 Å². The number of hydrogen-bond donors (Lipinski definition) is 2. The summed E-state index contributed by atoms with van der Waals surface area (Å²) in [7, 11) is 0. The second kappa shape index (κ2) is 3.94. The normalized spacial score (nSPS) is 26.5. The minimum Gasteiger partial charge on any atom is -0.348 e. The van der Waals surface area contributed by atoms with Crippen LogP contribution < -0.4 is 11.1 Å². The molecular formula is C11H16N2OS. The molecule has 1 aliphatic rings. The minimum atomic E-state index is 0.0104. The third-order valence-electron chi connectivity index (χ3n) is 2.86. The molecule has 1 fully saturated rings. The van der Waals surface area contributed by atoms with Crippen LogP contribution in [0.3, 0.4) is 0 Å². The largest absolute Gasteiger partial charge is 0.348 e. The highest BCUT2D eigenvalue weighted by molar-refractivity contribution is 7.12. The lowest BCUT2D eigenvalue weighted by atomic mass is 9.93. The molecule has 0 saturated carbocycles. The van der Waals surface area contributed by atoms with Gasteiger partial charge in [-0.3, -0.25) is 4.79 Å². The molecule has 1 aliphatic heterocycles. The zero-order valence-electron chi connectivity index (χ0n) is 9.04. The number of nitrogens with two attached hydrogens (primary N) is 1. The Labute approximate surface area is 93.7 Å². The molecule has 4 heteroatoms. The molecule has 2 heterocycles. The molecule has 1 aromatic heterocycles. The Balaban J connectivity index is 2.28. The van der Waals surface area contributed by atoms with Gasteiger partial charge in [-0.25, -0.2) is 0 Å². The number of piperidine rings is 1. The van der Waals surface area contributed by atoms with E-state index < -0.39 is 0 Å². The Kier molecular flexibility index (Phi) is 2.80. The Hall–Kier alpha value is -0.870. The molecule has 2 unspecified atom stereocenters. The van der Waals surface area contributed by atoms with Crippen LogP contribution in [0.4, 0.5) is 0 Å². The van der Waals surface area contributed by atoms with Gasteiger partial charge in [0.1, 0.15) is 0 Å². The van der Waals surface area contributed by atoms with E-state index in [0.717, 1.165) is 6.42 Å². The minimum absolute atomic E-state index is 0.0104. The first-order valence-electron chi connectivity index (χ1n) is 5.20. The van der Waals surface area contributed by atoms with Gasteiger partial charge in [-0.2, -0.15) is 0 Å². The van der Waals surface area contributed by atoms with E-state index in [1.807, 2.05) is 0 Å². The third-order valence-corrected chi connectivity index (χ3v) is 3.85. The molecule has 82 valence electrons. The molecule has 3 N–H and O–H groups in total. The van der Waals surface area contributed by atoms with Crippen LogP contribution in [0.25, 0.3) is 0 Å². The van der Waals surface area contributed by atoms with Crippen LogP contribution >= 0.6 is 11.3 Å². The third kappa shape index (κ3) is 2.06. The fourth-order valence-corrected chi connectivity index (χ4v) is 3.06. The molecule has 2 atom stereocenters. The van der Waals surface area contributed by atoms with E-state index in [2.05, 4.69) is 25.2 Å². The maximum atomic E-state index is 11.3. The van der Waals surface area contributed by atoms with Crippen LogP contribution in [-0.2, 0) is 4.79 Å². The van der Waals surface area contributed by atoms with Gasteiger partial charge in [-0.15, -0.1) is 11.3 Å². The van der Waals surface area contributed by atoms with E-state index >= 15 is 0 Å². The molecule has 1 amide bonds. The van der Waals surface area contributed by atoms with Crippen molar-refractivity contribution in [3.8, 4) is 0 Å². The van der Waals surface area contributed by atoms with Gasteiger partial charge in [-0.1, -0.05) is 0 Å². The van der Waals surface area contributed by atoms with Gasteiger partial charge >= 0.3 is 0 Å². The van der Waals surface area contributed by atoms with Crippen LogP contribution in [0.5, 0.6) is 0 Å². The Morgan fingerprint density at radius 1 is 1.53 bits per heavy atom. The number of carbonyl (C=O) groups is 1. The van der Waals surface area contributed by atoms with Crippen molar-refractivity contribution in [1.29, 1.82) is 0 Å². The van der Waals surface area contributed by atoms with Gasteiger partial charge in [-0.05, 0) is 31.9 Å². The maximum Gasteiger partial charge on any atom is 0.220 e. The predicted octanol–water partition coefficient (Wildman–Crippen LogP) is 1.64. The van der Waals surface area contributed by atoms with Gasteiger partial charge < -0.3 is 11.1 Å². The molecule has 1 saturated heterocycles. The quantitative estimate of drug-likeness (QED) is 0.762. The van der Waals surface area contributed by atoms with E-state index in [4.69, 9.17) is 5.73 Å². The molecule has 0 spiro atoms. The molecule has 0 radical (unpaired) electrons. The molecule has 15 heavy (non-hydrogen) atoms. The number of rotatable bonds is 1. The molecular weight excluding hydrogens is 208 g/mol. The molecule has 3 nitrogen and oxygen atoms in total. The van der Waals surface area contributed by atoms with E-state index in [1.54, 1.807) is 11.3 Å². The smallest absolute Gasteiger partial charge is 0.220 e. The number of hydrogen-bond acceptors (Lipinski definition) is 3. The fourth-order valence-electron chi connectivity index (χ4n) is 2.08. The van der Waals surface area contributed by atoms with Crippen molar-refractivity contribution >= 4 is 17.2 Å². The van der Waals surface area contributed by atoms with Crippen LogP contribution in [0.1, 0.15) is 34.2 Å². The second-order valence-corrected chi connectivity index (χ2v) is 5.58. The zero-order valence-corrected chi connectivity index (χ0v) is 9.86. The molecule has 1 aromatic rings. The first-order chi connectivity index (χ1) is 7.08. The highest BCUT2D eigenvalue weighted by Gasteiger charge is 2.28. The summed E-state index contributed by atoms with van der Waals surface area (Å²) >= 11 is 1.76. The highest BCUT2D eigenvalue weighted by atomic mass is 32.1. The number of thiophene rings is 1. The molecule has 2 rings (SSSR count). The summed E-state index contributed by atoms with van der Waals surface area (Å²) < 4.78 is 0. The number of nitrogens with one attached hydrogen (secondary N) is 1. The average molecular weight is 224 g/mol. The lowest BCUT2D eigenvalue weighted by molar-refractivity contribution is -0.123. The van der Waals surface area contributed by atoms with Crippen molar-refractivity contribution in [2.75, 3.05) is 0 Å². The Bertz CT molecular complexity index is 386. The van der Waals surface area contributed by atoms with Crippen molar-refractivity contribution in [3.05, 3.63) is 21.4 Å². The lowest BCUT2D eigenvalue weighted by Crippen LogP contribution is -2.45. The van der Waals surface area contributed by atoms with E-state index in [1.165, 1.54) is 15.3 Å². The SMILES string of the molecule is Cc1cc(C2NC(=O)CCC2N)c(C)s1. The van der Waals surface area contributed by atoms with Crippen molar-refractivity contribution in [3.63, 3.8) is 0 Å². The number of carbonyl (C=O) groups excluding carboxylic acids is 1. The summed E-state index contributed by atoms with van der Waals surface area (Å²) in [6.45, 7) is 4.16. The Morgan fingerprint density at radius 2 is 2.27 bits per heavy atom. The van der Waals surface area contributed by atoms with Gasteiger partial charge in [0.05, 0.1) is 6.04 Å². The van der Waals surface area contributed by atoms with Gasteiger partial charge in [0.25, 0.3) is 0 Å². The topological polar surface area (TPSA) is 55.1 Å². The number of amides is 1. The summed E-state index contributed by atoms with van der Waals surface area (Å²) in [5.41, 5.74) is 7.23. The summed E-state index contributed by atoms with van der Waals surface area (Å²) in [6, 6.07) is 2.20. The first-order valence-corrected chi connectivity index (χ1v) is 6.01. The number of aryl methyl sites for hydroxylation is 2. The first kappa shape index (κ1) is 10.6. The van der Waals surface area contributed by atoms with Crippen LogP contribution in [0.2, 0.25) is 0 Å². The summed E-state index contributed by atoms with van der Waals surface area (Å²) in [5.74, 6) is 0.116. The zero-order chi connectivity index (χ0) is 11.0. The van der Waals surface area contributed by atoms with Gasteiger partial charge in [0.15, 0.2) is 0 Å².